The molecule has 2 saturated heterocycles. The van der Waals surface area contributed by atoms with E-state index < -0.39 is 12.1 Å². The smallest absolute Gasteiger partial charge is 0.246 e. The number of β-amino-alcohol motifs (C(OH)–C–C–N with tert-alkyl or cyclic N) is 1. The molecule has 1 saturated carbocycles. The Hall–Kier alpha value is -2.97. The van der Waals surface area contributed by atoms with Gasteiger partial charge in [0.05, 0.1) is 18.8 Å². The lowest BCUT2D eigenvalue weighted by atomic mass is 9.90. The molecule has 1 aliphatic carbocycles. The molecule has 8 heteroatoms. The molecule has 3 aliphatic rings. The van der Waals surface area contributed by atoms with Crippen molar-refractivity contribution in [3.63, 3.8) is 0 Å². The zero-order valence-electron chi connectivity index (χ0n) is 21.1. The van der Waals surface area contributed by atoms with Gasteiger partial charge in [0, 0.05) is 58.8 Å². The summed E-state index contributed by atoms with van der Waals surface area (Å²) in [6, 6.07) is 7.32. The summed E-state index contributed by atoms with van der Waals surface area (Å²) in [5.74, 6) is -0.302. The summed E-state index contributed by atoms with van der Waals surface area (Å²) in [6.45, 7) is 6.08. The second-order valence-electron chi connectivity index (χ2n) is 10.2. The molecule has 1 unspecified atom stereocenters. The molecule has 2 heterocycles. The molecule has 194 valence electrons. The number of ether oxygens (including phenoxy) is 1. The molecule has 1 aromatic carbocycles. The molecule has 1 N–H and O–H groups in total. The number of nitrogens with zero attached hydrogens (tertiary/aromatic N) is 3. The van der Waals surface area contributed by atoms with E-state index in [0.29, 0.717) is 32.7 Å². The van der Waals surface area contributed by atoms with Gasteiger partial charge in [0.15, 0.2) is 0 Å². The van der Waals surface area contributed by atoms with Crippen molar-refractivity contribution in [2.75, 3.05) is 46.4 Å². The number of amides is 3. The third-order valence-corrected chi connectivity index (χ3v) is 7.84. The first kappa shape index (κ1) is 26.1. The Morgan fingerprint density at radius 1 is 1.17 bits per heavy atom. The Balaban J connectivity index is 1.35. The number of benzene rings is 1. The van der Waals surface area contributed by atoms with E-state index >= 15 is 0 Å². The maximum absolute atomic E-state index is 13.1. The van der Waals surface area contributed by atoms with E-state index in [0.717, 1.165) is 30.4 Å². The zero-order valence-corrected chi connectivity index (χ0v) is 21.1. The highest BCUT2D eigenvalue weighted by Gasteiger charge is 2.51. The highest BCUT2D eigenvalue weighted by atomic mass is 16.5. The van der Waals surface area contributed by atoms with E-state index in [1.807, 2.05) is 24.3 Å². The van der Waals surface area contributed by atoms with E-state index in [1.54, 1.807) is 34.0 Å². The van der Waals surface area contributed by atoms with Crippen LogP contribution in [0.25, 0.3) is 12.2 Å². The Bertz CT molecular complexity index is 1020. The number of aliphatic hydroxyl groups excluding tert-OH is 1. The molecule has 2 aliphatic heterocycles. The van der Waals surface area contributed by atoms with Gasteiger partial charge >= 0.3 is 0 Å². The van der Waals surface area contributed by atoms with Gasteiger partial charge in [-0.1, -0.05) is 30.9 Å². The number of carbonyl (C=O) groups is 3. The second-order valence-corrected chi connectivity index (χ2v) is 10.2. The molecule has 3 fully saturated rings. The standard InChI is InChI=1S/C28H37N3O5/c1-3-21-5-4-6-22(17-21)7-8-25(33)29-13-9-26(34)31(16-15-29)23(20-36-2)18-27(35)30-14-12-28(10-11-28)24(32)19-30/h3-8,17,23-24,32H,1,9-16,18-20H2,2H3/b8-7+/t23?,24-/m1/s1. The van der Waals surface area contributed by atoms with Crippen molar-refractivity contribution in [3.8, 4) is 0 Å². The summed E-state index contributed by atoms with van der Waals surface area (Å²) < 4.78 is 5.37. The lowest BCUT2D eigenvalue weighted by Gasteiger charge is -2.38. The average molecular weight is 496 g/mol. The predicted octanol–water partition coefficient (Wildman–Crippen LogP) is 2.18. The highest BCUT2D eigenvalue weighted by molar-refractivity contribution is 5.92. The number of aliphatic hydroxyl groups is 1. The molecular weight excluding hydrogens is 458 g/mol. The molecule has 2 atom stereocenters. The van der Waals surface area contributed by atoms with Crippen LogP contribution in [0.5, 0.6) is 0 Å². The van der Waals surface area contributed by atoms with E-state index in [1.165, 1.54) is 6.08 Å². The van der Waals surface area contributed by atoms with Crippen molar-refractivity contribution in [1.29, 1.82) is 0 Å². The molecule has 0 bridgehead atoms. The van der Waals surface area contributed by atoms with Gasteiger partial charge in [-0.15, -0.1) is 0 Å². The van der Waals surface area contributed by atoms with Gasteiger partial charge in [-0.25, -0.2) is 0 Å². The van der Waals surface area contributed by atoms with Crippen molar-refractivity contribution in [1.82, 2.24) is 14.7 Å². The van der Waals surface area contributed by atoms with Crippen LogP contribution < -0.4 is 0 Å². The van der Waals surface area contributed by atoms with Gasteiger partial charge in [-0.3, -0.25) is 14.4 Å². The van der Waals surface area contributed by atoms with Crippen LogP contribution in [0.3, 0.4) is 0 Å². The summed E-state index contributed by atoms with van der Waals surface area (Å²) in [7, 11) is 1.56. The van der Waals surface area contributed by atoms with E-state index in [9.17, 15) is 19.5 Å². The Morgan fingerprint density at radius 3 is 2.64 bits per heavy atom. The minimum absolute atomic E-state index is 0.0301. The van der Waals surface area contributed by atoms with E-state index in [-0.39, 0.29) is 42.6 Å². The molecule has 0 radical (unpaired) electrons. The van der Waals surface area contributed by atoms with Gasteiger partial charge in [0.25, 0.3) is 0 Å². The first-order valence-corrected chi connectivity index (χ1v) is 12.8. The highest BCUT2D eigenvalue weighted by Crippen LogP contribution is 2.53. The fourth-order valence-corrected chi connectivity index (χ4v) is 5.28. The number of methoxy groups -OCH3 is 1. The molecule has 3 amide bonds. The number of rotatable bonds is 8. The van der Waals surface area contributed by atoms with Crippen LogP contribution in [0.15, 0.2) is 36.9 Å². The quantitative estimate of drug-likeness (QED) is 0.559. The lowest BCUT2D eigenvalue weighted by Crippen LogP contribution is -2.51. The van der Waals surface area contributed by atoms with Gasteiger partial charge in [0.1, 0.15) is 0 Å². The number of hydrogen-bond donors (Lipinski definition) is 1. The molecule has 1 spiro atoms. The van der Waals surface area contributed by atoms with Crippen molar-refractivity contribution < 1.29 is 24.2 Å². The molecule has 1 aromatic rings. The predicted molar refractivity (Wildman–Crippen MR) is 138 cm³/mol. The molecule has 0 aromatic heterocycles. The third-order valence-electron chi connectivity index (χ3n) is 7.84. The molecule has 4 rings (SSSR count). The zero-order chi connectivity index (χ0) is 25.7. The SMILES string of the molecule is C=Cc1cccc(/C=C/C(=O)N2CCC(=O)N(C(COC)CC(=O)N3CCC4(CC4)[C@H](O)C3)CC2)c1. The van der Waals surface area contributed by atoms with Crippen molar-refractivity contribution >= 4 is 29.9 Å². The summed E-state index contributed by atoms with van der Waals surface area (Å²) >= 11 is 0. The van der Waals surface area contributed by atoms with E-state index in [4.69, 9.17) is 4.74 Å². The Kier molecular flexibility index (Phi) is 8.26. The Morgan fingerprint density at radius 2 is 1.94 bits per heavy atom. The van der Waals surface area contributed by atoms with Gasteiger partial charge < -0.3 is 24.5 Å². The maximum Gasteiger partial charge on any atom is 0.246 e. The maximum atomic E-state index is 13.1. The second kappa shape index (κ2) is 11.4. The molecular formula is C28H37N3O5. The van der Waals surface area contributed by atoms with Crippen LogP contribution in [0, 0.1) is 5.41 Å². The summed E-state index contributed by atoms with van der Waals surface area (Å²) in [4.78, 5) is 44.0. The van der Waals surface area contributed by atoms with Crippen LogP contribution in [0.2, 0.25) is 0 Å². The lowest BCUT2D eigenvalue weighted by molar-refractivity contribution is -0.141. The number of carbonyl (C=O) groups excluding carboxylic acids is 3. The van der Waals surface area contributed by atoms with E-state index in [2.05, 4.69) is 6.58 Å². The topological polar surface area (TPSA) is 90.4 Å². The normalized spacial score (nSPS) is 22.6. The minimum atomic E-state index is -0.470. The fourth-order valence-electron chi connectivity index (χ4n) is 5.28. The van der Waals surface area contributed by atoms with Crippen molar-refractivity contribution in [2.24, 2.45) is 5.41 Å². The van der Waals surface area contributed by atoms with Gasteiger partial charge in [-0.2, -0.15) is 0 Å². The summed E-state index contributed by atoms with van der Waals surface area (Å²) in [6.07, 6.45) is 7.84. The Labute approximate surface area is 213 Å². The first-order chi connectivity index (χ1) is 17.3. The first-order valence-electron chi connectivity index (χ1n) is 12.8. The van der Waals surface area contributed by atoms with Crippen LogP contribution >= 0.6 is 0 Å². The average Bonchev–Trinajstić information content (AvgIpc) is 3.69. The van der Waals surface area contributed by atoms with Crippen molar-refractivity contribution in [2.45, 2.75) is 44.2 Å². The van der Waals surface area contributed by atoms with Crippen LogP contribution in [-0.2, 0) is 19.1 Å². The van der Waals surface area contributed by atoms with Gasteiger partial charge in [-0.05, 0) is 47.9 Å². The van der Waals surface area contributed by atoms with Gasteiger partial charge in [0.2, 0.25) is 17.7 Å². The van der Waals surface area contributed by atoms with Crippen molar-refractivity contribution in [3.05, 3.63) is 48.0 Å². The third kappa shape index (κ3) is 6.05. The monoisotopic (exact) mass is 495 g/mol. The largest absolute Gasteiger partial charge is 0.391 e. The molecule has 8 nitrogen and oxygen atoms in total. The summed E-state index contributed by atoms with van der Waals surface area (Å²) in [5.41, 5.74) is 1.91. The van der Waals surface area contributed by atoms with Crippen LogP contribution in [0.1, 0.15) is 43.2 Å². The number of likely N-dealkylation sites (tertiary alicyclic amines) is 1. The minimum Gasteiger partial charge on any atom is -0.391 e. The fraction of sp³-hybridized carbons (Fsp3) is 0.536. The number of hydrogen-bond acceptors (Lipinski definition) is 5. The summed E-state index contributed by atoms with van der Waals surface area (Å²) in [5, 5.41) is 10.5. The van der Waals surface area contributed by atoms with Crippen LogP contribution in [-0.4, -0.2) is 96.1 Å². The molecule has 36 heavy (non-hydrogen) atoms. The number of piperidine rings is 1. The van der Waals surface area contributed by atoms with Crippen LogP contribution in [0.4, 0.5) is 0 Å².